The van der Waals surface area contributed by atoms with Crippen molar-refractivity contribution in [1.82, 2.24) is 15.3 Å². The van der Waals surface area contributed by atoms with Crippen LogP contribution in [0.3, 0.4) is 0 Å². The largest absolute Gasteiger partial charge is 0.495 e. The minimum absolute atomic E-state index is 0.204. The molecule has 2 aromatic carbocycles. The zero-order valence-corrected chi connectivity index (χ0v) is 15.5. The molecule has 0 aliphatic rings. The number of carbonyl (C=O) groups excluding carboxylic acids is 1. The number of benzene rings is 2. The summed E-state index contributed by atoms with van der Waals surface area (Å²) in [5, 5.41) is 6.38. The number of halogens is 1. The van der Waals surface area contributed by atoms with Crippen LogP contribution in [0.25, 0.3) is 0 Å². The molecular weight excluding hydrogens is 364 g/mol. The van der Waals surface area contributed by atoms with Crippen LogP contribution in [0.4, 0.5) is 11.6 Å². The highest BCUT2D eigenvalue weighted by atomic mass is 35.5. The van der Waals surface area contributed by atoms with E-state index in [0.29, 0.717) is 28.8 Å². The quantitative estimate of drug-likeness (QED) is 0.649. The fourth-order valence-electron chi connectivity index (χ4n) is 2.45. The van der Waals surface area contributed by atoms with Gasteiger partial charge in [-0.25, -0.2) is 9.97 Å². The van der Waals surface area contributed by atoms with Crippen LogP contribution in [0.2, 0.25) is 5.02 Å². The van der Waals surface area contributed by atoms with Crippen molar-refractivity contribution in [3.05, 3.63) is 77.1 Å². The molecule has 0 atom stereocenters. The summed E-state index contributed by atoms with van der Waals surface area (Å²) in [5.41, 5.74) is 2.30. The Labute approximate surface area is 162 Å². The number of ether oxygens (including phenoxy) is 1. The Morgan fingerprint density at radius 1 is 1.11 bits per heavy atom. The Morgan fingerprint density at radius 2 is 1.85 bits per heavy atom. The highest BCUT2D eigenvalue weighted by molar-refractivity contribution is 6.32. The molecule has 3 rings (SSSR count). The van der Waals surface area contributed by atoms with E-state index in [9.17, 15) is 4.79 Å². The number of carbonyl (C=O) groups is 1. The molecule has 0 fully saturated rings. The van der Waals surface area contributed by atoms with E-state index in [2.05, 4.69) is 20.6 Å². The number of amides is 1. The lowest BCUT2D eigenvalue weighted by Crippen LogP contribution is -2.26. The number of aromatic nitrogens is 2. The van der Waals surface area contributed by atoms with E-state index in [1.807, 2.05) is 30.3 Å². The average Bonchev–Trinajstić information content (AvgIpc) is 2.69. The lowest BCUT2D eigenvalue weighted by Gasteiger charge is -2.08. The molecule has 0 bridgehead atoms. The summed E-state index contributed by atoms with van der Waals surface area (Å²) in [6.45, 7) is 0.549. The third-order valence-corrected chi connectivity index (χ3v) is 4.16. The maximum absolute atomic E-state index is 12.2. The van der Waals surface area contributed by atoms with Gasteiger partial charge in [-0.15, -0.1) is 0 Å². The summed E-state index contributed by atoms with van der Waals surface area (Å²) < 4.78 is 5.12. The maximum Gasteiger partial charge on any atom is 0.254 e. The van der Waals surface area contributed by atoms with E-state index in [1.165, 1.54) is 18.0 Å². The molecule has 0 unspecified atom stereocenters. The average molecular weight is 383 g/mol. The van der Waals surface area contributed by atoms with E-state index < -0.39 is 0 Å². The molecule has 7 heteroatoms. The van der Waals surface area contributed by atoms with Gasteiger partial charge in [0.25, 0.3) is 5.91 Å². The van der Waals surface area contributed by atoms with Crippen LogP contribution in [0.15, 0.2) is 60.9 Å². The summed E-state index contributed by atoms with van der Waals surface area (Å²) in [5.74, 6) is 0.757. The van der Waals surface area contributed by atoms with Crippen LogP contribution in [-0.4, -0.2) is 29.5 Å². The normalized spacial score (nSPS) is 10.3. The second-order valence-corrected chi connectivity index (χ2v) is 6.17. The van der Waals surface area contributed by atoms with E-state index in [1.54, 1.807) is 25.3 Å². The number of nitrogens with one attached hydrogen (secondary N) is 2. The minimum Gasteiger partial charge on any atom is -0.495 e. The van der Waals surface area contributed by atoms with Crippen molar-refractivity contribution in [3.63, 3.8) is 0 Å². The van der Waals surface area contributed by atoms with Crippen molar-refractivity contribution in [3.8, 4) is 5.75 Å². The lowest BCUT2D eigenvalue weighted by atomic mass is 10.1. The molecule has 1 heterocycles. The van der Waals surface area contributed by atoms with Gasteiger partial charge in [-0.3, -0.25) is 4.79 Å². The van der Waals surface area contributed by atoms with Gasteiger partial charge in [0.15, 0.2) is 0 Å². The van der Waals surface area contributed by atoms with E-state index >= 15 is 0 Å². The van der Waals surface area contributed by atoms with Gasteiger partial charge in [0.05, 0.1) is 17.7 Å². The molecular formula is C20H19ClN4O2. The summed E-state index contributed by atoms with van der Waals surface area (Å²) >= 11 is 6.10. The minimum atomic E-state index is -0.204. The number of methoxy groups -OCH3 is 1. The van der Waals surface area contributed by atoms with Gasteiger partial charge in [0.1, 0.15) is 5.75 Å². The summed E-state index contributed by atoms with van der Waals surface area (Å²) in [6, 6.07) is 15.3. The molecule has 0 radical (unpaired) electrons. The molecule has 6 nitrogen and oxygen atoms in total. The standard InChI is InChI=1S/C20H19ClN4O2/c1-27-18-8-7-16(11-17(18)21)25-20-23-12-15(13-24-20)19(26)22-10-9-14-5-3-2-4-6-14/h2-8,11-13H,9-10H2,1H3,(H,22,26)(H,23,24,25). The number of hydrogen-bond donors (Lipinski definition) is 2. The van der Waals surface area contributed by atoms with Crippen molar-refractivity contribution in [2.45, 2.75) is 6.42 Å². The van der Waals surface area contributed by atoms with Gasteiger partial charge in [0, 0.05) is 24.6 Å². The zero-order valence-electron chi connectivity index (χ0n) is 14.8. The molecule has 2 N–H and O–H groups in total. The molecule has 0 aliphatic heterocycles. The molecule has 27 heavy (non-hydrogen) atoms. The fourth-order valence-corrected chi connectivity index (χ4v) is 2.71. The van der Waals surface area contributed by atoms with Gasteiger partial charge in [-0.1, -0.05) is 41.9 Å². The van der Waals surface area contributed by atoms with E-state index in [-0.39, 0.29) is 5.91 Å². The maximum atomic E-state index is 12.2. The first-order valence-electron chi connectivity index (χ1n) is 8.40. The van der Waals surface area contributed by atoms with Crippen molar-refractivity contribution in [2.75, 3.05) is 19.0 Å². The van der Waals surface area contributed by atoms with Crippen LogP contribution >= 0.6 is 11.6 Å². The van der Waals surface area contributed by atoms with Crippen LogP contribution in [0.5, 0.6) is 5.75 Å². The monoisotopic (exact) mass is 382 g/mol. The van der Waals surface area contributed by atoms with Gasteiger partial charge >= 0.3 is 0 Å². The number of anilines is 2. The van der Waals surface area contributed by atoms with Crippen molar-refractivity contribution in [1.29, 1.82) is 0 Å². The van der Waals surface area contributed by atoms with E-state index in [4.69, 9.17) is 16.3 Å². The SMILES string of the molecule is COc1ccc(Nc2ncc(C(=O)NCCc3ccccc3)cn2)cc1Cl. The van der Waals surface area contributed by atoms with Gasteiger partial charge in [-0.05, 0) is 30.2 Å². The van der Waals surface area contributed by atoms with Crippen molar-refractivity contribution in [2.24, 2.45) is 0 Å². The molecule has 0 aliphatic carbocycles. The molecule has 1 amide bonds. The first-order chi connectivity index (χ1) is 13.2. The smallest absolute Gasteiger partial charge is 0.254 e. The molecule has 0 saturated heterocycles. The topological polar surface area (TPSA) is 76.1 Å². The molecule has 1 aromatic heterocycles. The van der Waals surface area contributed by atoms with Crippen molar-refractivity contribution < 1.29 is 9.53 Å². The number of rotatable bonds is 7. The van der Waals surface area contributed by atoms with Crippen LogP contribution < -0.4 is 15.4 Å². The summed E-state index contributed by atoms with van der Waals surface area (Å²) in [7, 11) is 1.56. The summed E-state index contributed by atoms with van der Waals surface area (Å²) in [6.07, 6.45) is 3.74. The van der Waals surface area contributed by atoms with E-state index in [0.717, 1.165) is 12.1 Å². The van der Waals surface area contributed by atoms with Crippen LogP contribution in [-0.2, 0) is 6.42 Å². The first kappa shape index (κ1) is 18.7. The predicted molar refractivity (Wildman–Crippen MR) is 106 cm³/mol. The number of nitrogens with zero attached hydrogens (tertiary/aromatic N) is 2. The highest BCUT2D eigenvalue weighted by Crippen LogP contribution is 2.28. The number of hydrogen-bond acceptors (Lipinski definition) is 5. The molecule has 0 saturated carbocycles. The molecule has 3 aromatic rings. The third kappa shape index (κ3) is 5.18. The van der Waals surface area contributed by atoms with Gasteiger partial charge < -0.3 is 15.4 Å². The van der Waals surface area contributed by atoms with Crippen LogP contribution in [0.1, 0.15) is 15.9 Å². The second kappa shape index (κ2) is 9.00. The van der Waals surface area contributed by atoms with Gasteiger partial charge in [-0.2, -0.15) is 0 Å². The second-order valence-electron chi connectivity index (χ2n) is 5.76. The predicted octanol–water partition coefficient (Wildman–Crippen LogP) is 3.85. The Morgan fingerprint density at radius 3 is 2.52 bits per heavy atom. The Balaban J connectivity index is 1.54. The first-order valence-corrected chi connectivity index (χ1v) is 8.78. The lowest BCUT2D eigenvalue weighted by molar-refractivity contribution is 0.0953. The highest BCUT2D eigenvalue weighted by Gasteiger charge is 2.08. The van der Waals surface area contributed by atoms with Crippen molar-refractivity contribution >= 4 is 29.1 Å². The molecule has 0 spiro atoms. The fraction of sp³-hybridized carbons (Fsp3) is 0.150. The Hall–Kier alpha value is -3.12. The third-order valence-electron chi connectivity index (χ3n) is 3.86. The summed E-state index contributed by atoms with van der Waals surface area (Å²) in [4.78, 5) is 20.5. The van der Waals surface area contributed by atoms with Crippen LogP contribution in [0, 0.1) is 0 Å². The molecule has 138 valence electrons. The zero-order chi connectivity index (χ0) is 19.1. The Bertz CT molecular complexity index is 902. The van der Waals surface area contributed by atoms with Gasteiger partial charge in [0.2, 0.25) is 5.95 Å². The Kier molecular flexibility index (Phi) is 6.22.